The lowest BCUT2D eigenvalue weighted by atomic mass is 10.0. The number of nitrogens with zero attached hydrogens (tertiary/aromatic N) is 2. The molecular formula is C28H28N4O5S2. The second-order valence-electron chi connectivity index (χ2n) is 8.91. The van der Waals surface area contributed by atoms with Crippen LogP contribution in [0.3, 0.4) is 0 Å². The number of benzene rings is 2. The van der Waals surface area contributed by atoms with Crippen LogP contribution in [-0.2, 0) is 10.0 Å². The number of methoxy groups -OCH3 is 1. The van der Waals surface area contributed by atoms with Crippen LogP contribution in [0, 0.1) is 0 Å². The molecule has 202 valence electrons. The van der Waals surface area contributed by atoms with Gasteiger partial charge in [0.05, 0.1) is 37.4 Å². The zero-order valence-electron chi connectivity index (χ0n) is 21.6. The molecule has 1 saturated heterocycles. The number of anilines is 2. The van der Waals surface area contributed by atoms with Crippen molar-refractivity contribution in [1.29, 1.82) is 0 Å². The summed E-state index contributed by atoms with van der Waals surface area (Å²) in [5.41, 5.74) is 2.74. The van der Waals surface area contributed by atoms with Gasteiger partial charge in [-0.1, -0.05) is 6.07 Å². The number of ether oxygens (including phenoxy) is 2. The van der Waals surface area contributed by atoms with E-state index in [0.717, 1.165) is 23.3 Å². The molecule has 2 N–H and O–H groups in total. The molecule has 0 unspecified atom stereocenters. The van der Waals surface area contributed by atoms with Crippen LogP contribution in [0.25, 0.3) is 11.3 Å². The smallest absolute Gasteiger partial charge is 0.229 e. The lowest BCUT2D eigenvalue weighted by molar-refractivity contribution is 0.340. The zero-order chi connectivity index (χ0) is 27.6. The summed E-state index contributed by atoms with van der Waals surface area (Å²) >= 11 is 5.80. The van der Waals surface area contributed by atoms with Crippen molar-refractivity contribution in [2.24, 2.45) is 0 Å². The van der Waals surface area contributed by atoms with Crippen molar-refractivity contribution in [3.05, 3.63) is 90.4 Å². The van der Waals surface area contributed by atoms with E-state index in [2.05, 4.69) is 15.0 Å². The zero-order valence-corrected chi connectivity index (χ0v) is 23.3. The van der Waals surface area contributed by atoms with E-state index in [9.17, 15) is 8.42 Å². The second kappa shape index (κ2) is 11.0. The first-order valence-corrected chi connectivity index (χ1v) is 14.6. The highest BCUT2D eigenvalue weighted by molar-refractivity contribution is 7.92. The molecule has 0 radical (unpaired) electrons. The fraction of sp³-hybridized carbons (Fsp3) is 0.214. The highest BCUT2D eigenvalue weighted by atomic mass is 32.2. The molecular weight excluding hydrogens is 536 g/mol. The van der Waals surface area contributed by atoms with Crippen molar-refractivity contribution >= 4 is 38.7 Å². The Morgan fingerprint density at radius 2 is 1.90 bits per heavy atom. The number of aromatic nitrogens is 1. The average molecular weight is 565 g/mol. The van der Waals surface area contributed by atoms with Gasteiger partial charge in [0.25, 0.3) is 0 Å². The van der Waals surface area contributed by atoms with E-state index in [4.69, 9.17) is 26.1 Å². The molecule has 0 bridgehead atoms. The minimum Gasteiger partial charge on any atom is -0.494 e. The van der Waals surface area contributed by atoms with Gasteiger partial charge in [-0.15, -0.1) is 0 Å². The maximum absolute atomic E-state index is 11.8. The molecule has 3 heterocycles. The molecule has 1 fully saturated rings. The van der Waals surface area contributed by atoms with Crippen molar-refractivity contribution in [1.82, 2.24) is 10.3 Å². The van der Waals surface area contributed by atoms with Gasteiger partial charge in [0.1, 0.15) is 29.1 Å². The Morgan fingerprint density at radius 1 is 1.10 bits per heavy atom. The van der Waals surface area contributed by atoms with E-state index in [-0.39, 0.29) is 12.1 Å². The van der Waals surface area contributed by atoms with Gasteiger partial charge in [0.15, 0.2) is 5.11 Å². The van der Waals surface area contributed by atoms with Gasteiger partial charge in [-0.25, -0.2) is 8.42 Å². The highest BCUT2D eigenvalue weighted by Crippen LogP contribution is 2.44. The van der Waals surface area contributed by atoms with Crippen LogP contribution in [0.4, 0.5) is 11.4 Å². The van der Waals surface area contributed by atoms with Gasteiger partial charge in [0.2, 0.25) is 10.0 Å². The number of sulfonamides is 1. The Morgan fingerprint density at radius 3 is 2.56 bits per heavy atom. The van der Waals surface area contributed by atoms with Gasteiger partial charge in [-0.3, -0.25) is 9.71 Å². The Kier molecular flexibility index (Phi) is 7.45. The van der Waals surface area contributed by atoms with E-state index in [1.807, 2.05) is 66.4 Å². The molecule has 2 aromatic heterocycles. The van der Waals surface area contributed by atoms with E-state index >= 15 is 0 Å². The van der Waals surface area contributed by atoms with Crippen molar-refractivity contribution in [2.75, 3.05) is 29.6 Å². The number of hydrogen-bond donors (Lipinski definition) is 2. The summed E-state index contributed by atoms with van der Waals surface area (Å²) in [6.07, 6.45) is 2.83. The maximum Gasteiger partial charge on any atom is 0.229 e. The van der Waals surface area contributed by atoms with Crippen LogP contribution in [-0.4, -0.2) is 38.5 Å². The number of hydrogen-bond acceptors (Lipinski definition) is 7. The summed E-state index contributed by atoms with van der Waals surface area (Å²) in [6, 6.07) is 21.8. The average Bonchev–Trinajstić information content (AvgIpc) is 3.54. The number of nitrogens with one attached hydrogen (secondary N) is 2. The lowest BCUT2D eigenvalue weighted by Gasteiger charge is -2.27. The first kappa shape index (κ1) is 26.5. The van der Waals surface area contributed by atoms with Gasteiger partial charge in [-0.2, -0.15) is 0 Å². The van der Waals surface area contributed by atoms with Gasteiger partial charge >= 0.3 is 0 Å². The van der Waals surface area contributed by atoms with Crippen molar-refractivity contribution in [3.63, 3.8) is 0 Å². The molecule has 1 aliphatic heterocycles. The summed E-state index contributed by atoms with van der Waals surface area (Å²) in [5, 5.41) is 3.87. The molecule has 0 saturated carbocycles. The molecule has 1 aliphatic rings. The monoisotopic (exact) mass is 564 g/mol. The van der Waals surface area contributed by atoms with Crippen molar-refractivity contribution < 1.29 is 22.3 Å². The number of thiocarbonyl (C=S) groups is 1. The molecule has 11 heteroatoms. The number of pyridine rings is 1. The second-order valence-corrected chi connectivity index (χ2v) is 11.0. The molecule has 5 rings (SSSR count). The molecule has 2 aromatic carbocycles. The molecule has 0 spiro atoms. The van der Waals surface area contributed by atoms with Gasteiger partial charge in [0, 0.05) is 23.5 Å². The Bertz CT molecular complexity index is 1570. The lowest BCUT2D eigenvalue weighted by Crippen LogP contribution is -2.29. The van der Waals surface area contributed by atoms with Crippen LogP contribution in [0.15, 0.2) is 83.4 Å². The predicted octanol–water partition coefficient (Wildman–Crippen LogP) is 5.30. The molecule has 2 atom stereocenters. The Balaban J connectivity index is 1.55. The minimum atomic E-state index is -3.49. The van der Waals surface area contributed by atoms with Crippen LogP contribution in [0.2, 0.25) is 0 Å². The summed E-state index contributed by atoms with van der Waals surface area (Å²) in [4.78, 5) is 6.51. The maximum atomic E-state index is 11.8. The molecule has 39 heavy (non-hydrogen) atoms. The SMILES string of the molecule is CCOc1ccc(-c2ccc([C@H]3[C@@H](c4ccccn4)NC(=S)N3c3ccc(NS(C)(=O)=O)c(OC)c3)o2)cc1. The summed E-state index contributed by atoms with van der Waals surface area (Å²) in [5.74, 6) is 2.54. The molecule has 0 aliphatic carbocycles. The molecule has 4 aromatic rings. The van der Waals surface area contributed by atoms with Crippen LogP contribution in [0.5, 0.6) is 11.5 Å². The summed E-state index contributed by atoms with van der Waals surface area (Å²) < 4.78 is 43.6. The standard InChI is InChI=1S/C28H28N4O5S2/c1-4-36-20-11-8-18(9-12-20)23-14-15-24(37-23)27-26(22-7-5-6-16-29-22)30-28(38)32(27)19-10-13-21(25(17-19)35-2)31-39(3,33)34/h5-17,26-27,31H,4H2,1-3H3,(H,30,38)/t26-,27+/m1/s1. The van der Waals surface area contributed by atoms with E-state index < -0.39 is 10.0 Å². The summed E-state index contributed by atoms with van der Waals surface area (Å²) in [6.45, 7) is 2.54. The van der Waals surface area contributed by atoms with Crippen molar-refractivity contribution in [2.45, 2.75) is 19.0 Å². The molecule has 9 nitrogen and oxygen atoms in total. The van der Waals surface area contributed by atoms with E-state index in [1.54, 1.807) is 24.4 Å². The van der Waals surface area contributed by atoms with Gasteiger partial charge < -0.3 is 24.1 Å². The topological polar surface area (TPSA) is 106 Å². The van der Waals surface area contributed by atoms with Gasteiger partial charge in [-0.05, 0) is 79.8 Å². The van der Waals surface area contributed by atoms with Crippen LogP contribution >= 0.6 is 12.2 Å². The van der Waals surface area contributed by atoms with Crippen LogP contribution in [0.1, 0.15) is 30.5 Å². The highest BCUT2D eigenvalue weighted by Gasteiger charge is 2.42. The van der Waals surface area contributed by atoms with E-state index in [0.29, 0.717) is 40.4 Å². The third-order valence-electron chi connectivity index (χ3n) is 6.22. The Labute approximate surface area is 232 Å². The third-order valence-corrected chi connectivity index (χ3v) is 7.13. The minimum absolute atomic E-state index is 0.308. The quantitative estimate of drug-likeness (QED) is 0.262. The first-order chi connectivity index (χ1) is 18.8. The van der Waals surface area contributed by atoms with Crippen molar-refractivity contribution in [3.8, 4) is 22.8 Å². The largest absolute Gasteiger partial charge is 0.494 e. The molecule has 0 amide bonds. The normalized spacial score (nSPS) is 17.1. The fourth-order valence-electron chi connectivity index (χ4n) is 4.58. The fourth-order valence-corrected chi connectivity index (χ4v) is 5.50. The summed E-state index contributed by atoms with van der Waals surface area (Å²) in [7, 11) is -2.01. The third kappa shape index (κ3) is 5.69. The van der Waals surface area contributed by atoms with E-state index in [1.165, 1.54) is 7.11 Å². The number of rotatable bonds is 9. The van der Waals surface area contributed by atoms with Crippen LogP contribution < -0.4 is 24.4 Å². The Hall–Kier alpha value is -4.09. The predicted molar refractivity (Wildman–Crippen MR) is 155 cm³/mol. The number of furan rings is 1. The first-order valence-electron chi connectivity index (χ1n) is 12.3.